The number of amides is 3. The summed E-state index contributed by atoms with van der Waals surface area (Å²) in [6.07, 6.45) is 7.62. The van der Waals surface area contributed by atoms with E-state index in [2.05, 4.69) is 25.9 Å². The second-order valence-electron chi connectivity index (χ2n) is 8.72. The van der Waals surface area contributed by atoms with Crippen molar-refractivity contribution in [2.24, 2.45) is 5.92 Å². The van der Waals surface area contributed by atoms with Gasteiger partial charge in [-0.15, -0.1) is 0 Å². The Kier molecular flexibility index (Phi) is 8.91. The quantitative estimate of drug-likeness (QED) is 0.461. The topological polar surface area (TPSA) is 160 Å². The van der Waals surface area contributed by atoms with Gasteiger partial charge in [0.25, 0.3) is 5.91 Å². The van der Waals surface area contributed by atoms with E-state index < -0.39 is 41.6 Å². The van der Waals surface area contributed by atoms with Crippen molar-refractivity contribution >= 4 is 23.9 Å². The summed E-state index contributed by atoms with van der Waals surface area (Å²) in [5.41, 5.74) is -0.689. The van der Waals surface area contributed by atoms with Crippen LogP contribution in [0.2, 0.25) is 0 Å². The average Bonchev–Trinajstić information content (AvgIpc) is 2.74. The summed E-state index contributed by atoms with van der Waals surface area (Å²) in [5.74, 6) is -2.66. The monoisotopic (exact) mass is 449 g/mol. The number of carboxylic acid groups (broad SMARTS) is 1. The van der Waals surface area contributed by atoms with Crippen LogP contribution >= 0.6 is 0 Å². The maximum Gasteiger partial charge on any atom is 0.407 e. The molecule has 0 bridgehead atoms. The fourth-order valence-corrected chi connectivity index (χ4v) is 3.46. The normalized spacial score (nSPS) is 16.3. The molecule has 11 heteroatoms. The fourth-order valence-electron chi connectivity index (χ4n) is 3.46. The predicted molar refractivity (Wildman–Crippen MR) is 114 cm³/mol. The van der Waals surface area contributed by atoms with E-state index in [4.69, 9.17) is 4.74 Å². The van der Waals surface area contributed by atoms with Gasteiger partial charge in [-0.2, -0.15) is 0 Å². The van der Waals surface area contributed by atoms with Crippen molar-refractivity contribution < 1.29 is 29.0 Å². The van der Waals surface area contributed by atoms with Gasteiger partial charge in [-0.3, -0.25) is 14.6 Å². The van der Waals surface area contributed by atoms with Crippen LogP contribution in [0.1, 0.15) is 63.4 Å². The van der Waals surface area contributed by atoms with Gasteiger partial charge >= 0.3 is 12.1 Å². The van der Waals surface area contributed by atoms with Crippen molar-refractivity contribution in [3.05, 3.63) is 24.3 Å². The molecule has 1 aliphatic carbocycles. The predicted octanol–water partition coefficient (Wildman–Crippen LogP) is 1.25. The van der Waals surface area contributed by atoms with Gasteiger partial charge in [-0.25, -0.2) is 14.6 Å². The van der Waals surface area contributed by atoms with Crippen LogP contribution in [0, 0.1) is 5.92 Å². The number of ether oxygens (including phenoxy) is 1. The Labute approximate surface area is 186 Å². The number of carboxylic acids is 1. The number of carbonyl (C=O) groups excluding carboxylic acids is 3. The molecule has 0 spiro atoms. The molecule has 1 aliphatic rings. The van der Waals surface area contributed by atoms with E-state index in [0.29, 0.717) is 0 Å². The molecule has 32 heavy (non-hydrogen) atoms. The Morgan fingerprint density at radius 1 is 1.12 bits per heavy atom. The van der Waals surface area contributed by atoms with Crippen LogP contribution in [0.5, 0.6) is 0 Å². The Hall–Kier alpha value is -3.24. The van der Waals surface area contributed by atoms with Gasteiger partial charge in [0.15, 0.2) is 0 Å². The third-order valence-electron chi connectivity index (χ3n) is 4.95. The molecule has 0 radical (unpaired) electrons. The molecule has 2 atom stereocenters. The van der Waals surface area contributed by atoms with Gasteiger partial charge in [0.1, 0.15) is 23.4 Å². The molecular formula is C21H31N5O6. The zero-order chi connectivity index (χ0) is 23.7. The molecule has 3 amide bonds. The molecule has 4 N–H and O–H groups in total. The smallest absolute Gasteiger partial charge is 0.407 e. The maximum absolute atomic E-state index is 13.0. The first kappa shape index (κ1) is 25.0. The third kappa shape index (κ3) is 8.12. The van der Waals surface area contributed by atoms with Crippen LogP contribution in [0.3, 0.4) is 0 Å². The lowest BCUT2D eigenvalue weighted by atomic mass is 9.83. The molecule has 0 unspecified atom stereocenters. The first-order valence-corrected chi connectivity index (χ1v) is 10.6. The summed E-state index contributed by atoms with van der Waals surface area (Å²) in [6.45, 7) is 4.66. The molecule has 0 aromatic carbocycles. The fraction of sp³-hybridized carbons (Fsp3) is 0.619. The molecule has 11 nitrogen and oxygen atoms in total. The summed E-state index contributed by atoms with van der Waals surface area (Å²) in [5, 5.41) is 17.0. The SMILES string of the molecule is CC(C)(C)OC(=O)NC[C@H](NC(=O)[C@@H](NC(=O)c1cnccn1)C1CCCCC1)C(=O)O. The molecule has 1 aromatic rings. The molecule has 1 heterocycles. The van der Waals surface area contributed by atoms with Gasteiger partial charge < -0.3 is 25.8 Å². The van der Waals surface area contributed by atoms with Crippen molar-refractivity contribution in [2.45, 2.75) is 70.6 Å². The van der Waals surface area contributed by atoms with Crippen LogP contribution in [-0.2, 0) is 14.3 Å². The average molecular weight is 450 g/mol. The number of carbonyl (C=O) groups is 4. The van der Waals surface area contributed by atoms with Crippen molar-refractivity contribution in [1.82, 2.24) is 25.9 Å². The van der Waals surface area contributed by atoms with Crippen molar-refractivity contribution in [3.63, 3.8) is 0 Å². The minimum absolute atomic E-state index is 0.0579. The van der Waals surface area contributed by atoms with Crippen LogP contribution in [0.15, 0.2) is 18.6 Å². The van der Waals surface area contributed by atoms with Crippen LogP contribution in [0.4, 0.5) is 4.79 Å². The lowest BCUT2D eigenvalue weighted by molar-refractivity contribution is -0.142. The summed E-state index contributed by atoms with van der Waals surface area (Å²) >= 11 is 0. The number of alkyl carbamates (subject to hydrolysis) is 1. The number of aliphatic carboxylic acids is 1. The van der Waals surface area contributed by atoms with Crippen LogP contribution in [-0.4, -0.2) is 63.2 Å². The largest absolute Gasteiger partial charge is 0.480 e. The zero-order valence-electron chi connectivity index (χ0n) is 18.6. The summed E-state index contributed by atoms with van der Waals surface area (Å²) < 4.78 is 5.09. The maximum atomic E-state index is 13.0. The highest BCUT2D eigenvalue weighted by atomic mass is 16.6. The van der Waals surface area contributed by atoms with Gasteiger partial charge in [0.05, 0.1) is 12.7 Å². The van der Waals surface area contributed by atoms with Crippen molar-refractivity contribution in [1.29, 1.82) is 0 Å². The number of rotatable bonds is 8. The molecule has 2 rings (SSSR count). The van der Waals surface area contributed by atoms with E-state index in [1.807, 2.05) is 0 Å². The van der Waals surface area contributed by atoms with Crippen molar-refractivity contribution in [2.75, 3.05) is 6.54 Å². The second kappa shape index (κ2) is 11.4. The van der Waals surface area contributed by atoms with Gasteiger partial charge in [-0.05, 0) is 39.5 Å². The lowest BCUT2D eigenvalue weighted by Gasteiger charge is -2.31. The minimum atomic E-state index is -1.39. The number of hydrogen-bond donors (Lipinski definition) is 4. The van der Waals surface area contributed by atoms with Crippen molar-refractivity contribution in [3.8, 4) is 0 Å². The Morgan fingerprint density at radius 3 is 2.38 bits per heavy atom. The summed E-state index contributed by atoms with van der Waals surface area (Å²) in [4.78, 5) is 56.9. The lowest BCUT2D eigenvalue weighted by Crippen LogP contribution is -2.57. The number of nitrogens with zero attached hydrogens (tertiary/aromatic N) is 2. The number of hydrogen-bond acceptors (Lipinski definition) is 7. The Balaban J connectivity index is 2.07. The zero-order valence-corrected chi connectivity index (χ0v) is 18.6. The minimum Gasteiger partial charge on any atom is -0.480 e. The Morgan fingerprint density at radius 2 is 1.81 bits per heavy atom. The molecular weight excluding hydrogens is 418 g/mol. The van der Waals surface area contributed by atoms with E-state index in [0.717, 1.165) is 32.1 Å². The highest BCUT2D eigenvalue weighted by Gasteiger charge is 2.34. The standard InChI is InChI=1S/C21H31N5O6/c1-21(2,3)32-20(31)24-12-15(19(29)30)25-18(28)16(13-7-5-4-6-8-13)26-17(27)14-11-22-9-10-23-14/h9-11,13,15-16H,4-8,12H2,1-3H3,(H,24,31)(H,25,28)(H,26,27)(H,29,30)/t15-,16-/m0/s1. The van der Waals surface area contributed by atoms with E-state index in [1.54, 1.807) is 20.8 Å². The van der Waals surface area contributed by atoms with Crippen LogP contribution < -0.4 is 16.0 Å². The first-order chi connectivity index (χ1) is 15.1. The van der Waals surface area contributed by atoms with E-state index in [-0.39, 0.29) is 18.2 Å². The molecule has 0 saturated heterocycles. The van der Waals surface area contributed by atoms with E-state index in [9.17, 15) is 24.3 Å². The molecule has 1 aromatic heterocycles. The molecule has 1 fully saturated rings. The van der Waals surface area contributed by atoms with E-state index in [1.165, 1.54) is 18.6 Å². The molecule has 1 saturated carbocycles. The van der Waals surface area contributed by atoms with Crippen LogP contribution in [0.25, 0.3) is 0 Å². The number of nitrogens with one attached hydrogen (secondary N) is 3. The molecule has 176 valence electrons. The first-order valence-electron chi connectivity index (χ1n) is 10.6. The Bertz CT molecular complexity index is 805. The summed E-state index contributed by atoms with van der Waals surface area (Å²) in [6, 6.07) is -2.33. The second-order valence-corrected chi connectivity index (χ2v) is 8.72. The number of aromatic nitrogens is 2. The van der Waals surface area contributed by atoms with E-state index >= 15 is 0 Å². The highest BCUT2D eigenvalue weighted by Crippen LogP contribution is 2.27. The van der Waals surface area contributed by atoms with Gasteiger partial charge in [0.2, 0.25) is 5.91 Å². The third-order valence-corrected chi connectivity index (χ3v) is 4.95. The van der Waals surface area contributed by atoms with Gasteiger partial charge in [-0.1, -0.05) is 19.3 Å². The van der Waals surface area contributed by atoms with Gasteiger partial charge in [0, 0.05) is 12.4 Å². The molecule has 0 aliphatic heterocycles. The highest BCUT2D eigenvalue weighted by molar-refractivity contribution is 5.96. The summed E-state index contributed by atoms with van der Waals surface area (Å²) in [7, 11) is 0.